The molecule has 0 aliphatic rings. The lowest BCUT2D eigenvalue weighted by Crippen LogP contribution is -2.33. The van der Waals surface area contributed by atoms with Crippen molar-refractivity contribution in [3.05, 3.63) is 29.6 Å². The molecular formula is C12H18FNO2. The molecule has 1 rings (SSSR count). The van der Waals surface area contributed by atoms with Gasteiger partial charge in [0.2, 0.25) is 0 Å². The highest BCUT2D eigenvalue weighted by atomic mass is 19.1. The van der Waals surface area contributed by atoms with Gasteiger partial charge in [0.25, 0.3) is 0 Å². The first-order valence-electron chi connectivity index (χ1n) is 5.25. The van der Waals surface area contributed by atoms with Crippen molar-refractivity contribution in [1.29, 1.82) is 0 Å². The second-order valence-electron chi connectivity index (χ2n) is 4.09. The molecule has 0 aromatic heterocycles. The van der Waals surface area contributed by atoms with Crippen LogP contribution in [0, 0.1) is 5.82 Å². The van der Waals surface area contributed by atoms with Crippen LogP contribution in [0.4, 0.5) is 4.39 Å². The van der Waals surface area contributed by atoms with Crippen molar-refractivity contribution in [2.24, 2.45) is 5.73 Å². The molecule has 1 aromatic rings. The molecule has 16 heavy (non-hydrogen) atoms. The first-order valence-corrected chi connectivity index (χ1v) is 5.25. The Bertz CT molecular complexity index is 353. The average molecular weight is 227 g/mol. The Hall–Kier alpha value is -1.13. The van der Waals surface area contributed by atoms with Crippen LogP contribution in [0.25, 0.3) is 0 Å². The van der Waals surface area contributed by atoms with Crippen molar-refractivity contribution < 1.29 is 14.2 Å². The molecule has 0 saturated heterocycles. The Labute approximate surface area is 95.0 Å². The summed E-state index contributed by atoms with van der Waals surface area (Å²) >= 11 is 0. The largest absolute Gasteiger partial charge is 0.494 e. The van der Waals surface area contributed by atoms with Crippen LogP contribution < -0.4 is 10.5 Å². The van der Waals surface area contributed by atoms with Crippen LogP contribution in [0.5, 0.6) is 5.75 Å². The number of hydrogen-bond acceptors (Lipinski definition) is 3. The van der Waals surface area contributed by atoms with Gasteiger partial charge in [0.15, 0.2) is 11.6 Å². The van der Waals surface area contributed by atoms with E-state index in [0.29, 0.717) is 18.4 Å². The molecule has 0 saturated carbocycles. The summed E-state index contributed by atoms with van der Waals surface area (Å²) in [5.74, 6) is -0.206. The van der Waals surface area contributed by atoms with Crippen molar-refractivity contribution in [3.63, 3.8) is 0 Å². The van der Waals surface area contributed by atoms with E-state index in [2.05, 4.69) is 0 Å². The summed E-state index contributed by atoms with van der Waals surface area (Å²) < 4.78 is 18.3. The van der Waals surface area contributed by atoms with E-state index in [1.54, 1.807) is 12.1 Å². The zero-order valence-electron chi connectivity index (χ0n) is 9.66. The monoisotopic (exact) mass is 227 g/mol. The summed E-state index contributed by atoms with van der Waals surface area (Å²) in [5.41, 5.74) is 6.14. The molecule has 0 aliphatic carbocycles. The Balaban J connectivity index is 2.91. The molecule has 90 valence electrons. The van der Waals surface area contributed by atoms with E-state index in [-0.39, 0.29) is 12.4 Å². The van der Waals surface area contributed by atoms with Crippen LogP contribution in [0.3, 0.4) is 0 Å². The number of aliphatic hydroxyl groups excluding tert-OH is 1. The Morgan fingerprint density at radius 1 is 1.50 bits per heavy atom. The van der Waals surface area contributed by atoms with Crippen LogP contribution in [0.2, 0.25) is 0 Å². The molecule has 0 amide bonds. The van der Waals surface area contributed by atoms with Gasteiger partial charge >= 0.3 is 0 Å². The number of nitrogens with two attached hydrogens (primary N) is 1. The summed E-state index contributed by atoms with van der Waals surface area (Å²) in [6, 6.07) is 4.70. The normalized spacial score (nSPS) is 14.6. The first-order chi connectivity index (χ1) is 7.51. The number of rotatable bonds is 5. The van der Waals surface area contributed by atoms with Gasteiger partial charge in [0, 0.05) is 12.1 Å². The van der Waals surface area contributed by atoms with E-state index in [9.17, 15) is 4.39 Å². The van der Waals surface area contributed by atoms with Crippen molar-refractivity contribution in [2.75, 3.05) is 13.7 Å². The van der Waals surface area contributed by atoms with Gasteiger partial charge in [-0.1, -0.05) is 6.07 Å². The third-order valence-electron chi connectivity index (χ3n) is 2.67. The molecule has 1 aromatic carbocycles. The van der Waals surface area contributed by atoms with Gasteiger partial charge in [-0.15, -0.1) is 0 Å². The fraction of sp³-hybridized carbons (Fsp3) is 0.500. The zero-order valence-corrected chi connectivity index (χ0v) is 9.66. The smallest absolute Gasteiger partial charge is 0.165 e. The summed E-state index contributed by atoms with van der Waals surface area (Å²) in [7, 11) is 1.42. The standard InChI is InChI=1S/C12H18FNO2/c1-12(14,6-3-7-15)9-4-5-11(16-2)10(13)8-9/h4-5,8,15H,3,6-7,14H2,1-2H3. The fourth-order valence-corrected chi connectivity index (χ4v) is 1.61. The maximum Gasteiger partial charge on any atom is 0.165 e. The molecule has 0 spiro atoms. The quantitative estimate of drug-likeness (QED) is 0.806. The minimum atomic E-state index is -0.629. The second-order valence-corrected chi connectivity index (χ2v) is 4.09. The van der Waals surface area contributed by atoms with Gasteiger partial charge in [0.05, 0.1) is 7.11 Å². The van der Waals surface area contributed by atoms with Gasteiger partial charge in [-0.25, -0.2) is 4.39 Å². The molecule has 0 radical (unpaired) electrons. The molecule has 1 atom stereocenters. The predicted octanol–water partition coefficient (Wildman–Crippen LogP) is 1.78. The van der Waals surface area contributed by atoms with Crippen LogP contribution in [0.15, 0.2) is 18.2 Å². The number of ether oxygens (including phenoxy) is 1. The Morgan fingerprint density at radius 3 is 2.69 bits per heavy atom. The molecule has 0 fully saturated rings. The predicted molar refractivity (Wildman–Crippen MR) is 60.8 cm³/mol. The molecule has 3 N–H and O–H groups in total. The number of benzene rings is 1. The highest BCUT2D eigenvalue weighted by Crippen LogP contribution is 2.27. The average Bonchev–Trinajstić information content (AvgIpc) is 2.26. The third kappa shape index (κ3) is 2.93. The molecule has 0 heterocycles. The molecule has 0 aliphatic heterocycles. The van der Waals surface area contributed by atoms with Crippen LogP contribution in [-0.2, 0) is 5.54 Å². The van der Waals surface area contributed by atoms with Crippen LogP contribution >= 0.6 is 0 Å². The molecule has 3 nitrogen and oxygen atoms in total. The van der Waals surface area contributed by atoms with E-state index in [4.69, 9.17) is 15.6 Å². The minimum absolute atomic E-state index is 0.0887. The van der Waals surface area contributed by atoms with Crippen molar-refractivity contribution in [3.8, 4) is 5.75 Å². The SMILES string of the molecule is COc1ccc(C(C)(N)CCCO)cc1F. The minimum Gasteiger partial charge on any atom is -0.494 e. The van der Waals surface area contributed by atoms with E-state index >= 15 is 0 Å². The van der Waals surface area contributed by atoms with Gasteiger partial charge < -0.3 is 15.6 Å². The molecule has 1 unspecified atom stereocenters. The fourth-order valence-electron chi connectivity index (χ4n) is 1.61. The summed E-state index contributed by atoms with van der Waals surface area (Å²) in [6.45, 7) is 1.91. The lowest BCUT2D eigenvalue weighted by molar-refractivity contribution is 0.265. The summed E-state index contributed by atoms with van der Waals surface area (Å²) in [6.07, 6.45) is 1.20. The molecule has 4 heteroatoms. The Morgan fingerprint density at radius 2 is 2.19 bits per heavy atom. The Kier molecular flexibility index (Phi) is 4.26. The highest BCUT2D eigenvalue weighted by molar-refractivity contribution is 5.32. The first kappa shape index (κ1) is 12.9. The summed E-state index contributed by atoms with van der Waals surface area (Å²) in [5, 5.41) is 8.76. The van der Waals surface area contributed by atoms with Crippen LogP contribution in [0.1, 0.15) is 25.3 Å². The number of halogens is 1. The van der Waals surface area contributed by atoms with E-state index in [0.717, 1.165) is 0 Å². The number of methoxy groups -OCH3 is 1. The lowest BCUT2D eigenvalue weighted by atomic mass is 9.88. The van der Waals surface area contributed by atoms with Gasteiger partial charge in [-0.2, -0.15) is 0 Å². The zero-order chi connectivity index (χ0) is 12.2. The van der Waals surface area contributed by atoms with E-state index in [1.807, 2.05) is 6.92 Å². The maximum atomic E-state index is 13.5. The van der Waals surface area contributed by atoms with Crippen molar-refractivity contribution >= 4 is 0 Å². The van der Waals surface area contributed by atoms with Crippen molar-refractivity contribution in [2.45, 2.75) is 25.3 Å². The maximum absolute atomic E-state index is 13.5. The van der Waals surface area contributed by atoms with Gasteiger partial charge in [0.1, 0.15) is 0 Å². The number of hydrogen-bond donors (Lipinski definition) is 2. The van der Waals surface area contributed by atoms with Gasteiger partial charge in [-0.3, -0.25) is 0 Å². The van der Waals surface area contributed by atoms with Crippen LogP contribution in [-0.4, -0.2) is 18.8 Å². The topological polar surface area (TPSA) is 55.5 Å². The highest BCUT2D eigenvalue weighted by Gasteiger charge is 2.21. The van der Waals surface area contributed by atoms with E-state index in [1.165, 1.54) is 13.2 Å². The molecule has 0 bridgehead atoms. The molecular weight excluding hydrogens is 209 g/mol. The van der Waals surface area contributed by atoms with Gasteiger partial charge in [-0.05, 0) is 37.5 Å². The third-order valence-corrected chi connectivity index (χ3v) is 2.67. The van der Waals surface area contributed by atoms with Crippen molar-refractivity contribution in [1.82, 2.24) is 0 Å². The second kappa shape index (κ2) is 5.27. The number of aliphatic hydroxyl groups is 1. The lowest BCUT2D eigenvalue weighted by Gasteiger charge is -2.25. The van der Waals surface area contributed by atoms with E-state index < -0.39 is 11.4 Å². The summed E-state index contributed by atoms with van der Waals surface area (Å²) in [4.78, 5) is 0.